The molecule has 0 unspecified atom stereocenters. The molecule has 118 valence electrons. The van der Waals surface area contributed by atoms with Crippen LogP contribution in [0.15, 0.2) is 42.0 Å². The number of esters is 2. The Bertz CT molecular complexity index is 590. The summed E-state index contributed by atoms with van der Waals surface area (Å²) < 4.78 is 9.89. The van der Waals surface area contributed by atoms with E-state index in [0.29, 0.717) is 16.2 Å². The highest BCUT2D eigenvalue weighted by atomic mass is 35.5. The van der Waals surface area contributed by atoms with Gasteiger partial charge in [-0.25, -0.2) is 9.59 Å². The summed E-state index contributed by atoms with van der Waals surface area (Å²) in [5.74, 6) is -1.04. The van der Waals surface area contributed by atoms with Gasteiger partial charge in [-0.1, -0.05) is 36.4 Å². The van der Waals surface area contributed by atoms with Crippen LogP contribution < -0.4 is 0 Å². The van der Waals surface area contributed by atoms with E-state index in [1.54, 1.807) is 44.2 Å². The number of hydrogen-bond donors (Lipinski definition) is 0. The van der Waals surface area contributed by atoms with Gasteiger partial charge in [0.1, 0.15) is 0 Å². The van der Waals surface area contributed by atoms with Crippen molar-refractivity contribution in [2.75, 3.05) is 13.2 Å². The van der Waals surface area contributed by atoms with Crippen LogP contribution in [0.25, 0.3) is 6.08 Å². The maximum absolute atomic E-state index is 12.0. The first kappa shape index (κ1) is 18.0. The van der Waals surface area contributed by atoms with Gasteiger partial charge in [0.05, 0.1) is 13.2 Å². The van der Waals surface area contributed by atoms with Crippen LogP contribution in [-0.4, -0.2) is 25.2 Å². The molecule has 0 heterocycles. The second kappa shape index (κ2) is 9.05. The number of carbonyl (C=O) groups excluding carboxylic acids is 2. The molecule has 0 aliphatic heterocycles. The molecular formula is C17H19ClO4. The zero-order valence-electron chi connectivity index (χ0n) is 12.7. The molecule has 0 atom stereocenters. The number of rotatable bonds is 7. The Morgan fingerprint density at radius 3 is 2.32 bits per heavy atom. The molecule has 0 bridgehead atoms. The van der Waals surface area contributed by atoms with Crippen molar-refractivity contribution in [1.82, 2.24) is 0 Å². The summed E-state index contributed by atoms with van der Waals surface area (Å²) in [5, 5.41) is 0.506. The summed E-state index contributed by atoms with van der Waals surface area (Å²) in [6.45, 7) is 7.57. The monoisotopic (exact) mass is 322 g/mol. The van der Waals surface area contributed by atoms with Gasteiger partial charge in [-0.2, -0.15) is 0 Å². The van der Waals surface area contributed by atoms with E-state index >= 15 is 0 Å². The van der Waals surface area contributed by atoms with Gasteiger partial charge < -0.3 is 9.47 Å². The lowest BCUT2D eigenvalue weighted by Crippen LogP contribution is -2.13. The van der Waals surface area contributed by atoms with Gasteiger partial charge >= 0.3 is 11.9 Å². The van der Waals surface area contributed by atoms with E-state index in [4.69, 9.17) is 21.1 Å². The maximum atomic E-state index is 12.0. The second-order valence-corrected chi connectivity index (χ2v) is 4.82. The van der Waals surface area contributed by atoms with Crippen molar-refractivity contribution < 1.29 is 19.1 Å². The molecule has 0 saturated heterocycles. The molecule has 0 amide bonds. The predicted octanol–water partition coefficient (Wildman–Crippen LogP) is 3.80. The number of halogens is 1. The fraction of sp³-hybridized carbons (Fsp3) is 0.294. The van der Waals surface area contributed by atoms with E-state index in [9.17, 15) is 9.59 Å². The third kappa shape index (κ3) is 5.37. The smallest absolute Gasteiger partial charge is 0.334 e. The Balaban J connectivity index is 3.04. The van der Waals surface area contributed by atoms with Gasteiger partial charge in [0.25, 0.3) is 0 Å². The van der Waals surface area contributed by atoms with Crippen molar-refractivity contribution in [2.45, 2.75) is 20.3 Å². The van der Waals surface area contributed by atoms with Crippen LogP contribution in [-0.2, 0) is 19.1 Å². The topological polar surface area (TPSA) is 52.6 Å². The quantitative estimate of drug-likeness (QED) is 0.566. The van der Waals surface area contributed by atoms with Crippen LogP contribution >= 0.6 is 11.6 Å². The average molecular weight is 323 g/mol. The third-order valence-corrected chi connectivity index (χ3v) is 3.08. The average Bonchev–Trinajstić information content (AvgIpc) is 2.49. The van der Waals surface area contributed by atoms with Gasteiger partial charge in [0.2, 0.25) is 0 Å². The summed E-state index contributed by atoms with van der Waals surface area (Å²) in [4.78, 5) is 23.7. The first-order valence-corrected chi connectivity index (χ1v) is 7.34. The van der Waals surface area contributed by atoms with Crippen molar-refractivity contribution in [1.29, 1.82) is 0 Å². The van der Waals surface area contributed by atoms with Crippen molar-refractivity contribution in [2.24, 2.45) is 0 Å². The van der Waals surface area contributed by atoms with E-state index in [1.807, 2.05) is 0 Å². The van der Waals surface area contributed by atoms with Crippen molar-refractivity contribution in [3.05, 3.63) is 52.6 Å². The van der Waals surface area contributed by atoms with Crippen LogP contribution in [0.2, 0.25) is 5.02 Å². The van der Waals surface area contributed by atoms with Gasteiger partial charge in [0.15, 0.2) is 0 Å². The Labute approximate surface area is 135 Å². The number of benzene rings is 1. The summed E-state index contributed by atoms with van der Waals surface area (Å²) in [5.41, 5.74) is 1.16. The van der Waals surface area contributed by atoms with Gasteiger partial charge in [-0.3, -0.25) is 0 Å². The molecule has 0 aliphatic carbocycles. The van der Waals surface area contributed by atoms with E-state index < -0.39 is 11.9 Å². The third-order valence-electron chi connectivity index (χ3n) is 2.74. The molecule has 22 heavy (non-hydrogen) atoms. The minimum atomic E-state index is -0.531. The normalized spacial score (nSPS) is 11.0. The second-order valence-electron chi connectivity index (χ2n) is 4.41. The standard InChI is InChI=1S/C17H19ClO4/c1-4-21-16(19)12(3)10-14(17(20)22-5-2)11-13-8-6-7-9-15(13)18/h6-9,11H,3-5,10H2,1-2H3/b14-11+. The lowest BCUT2D eigenvalue weighted by molar-refractivity contribution is -0.138. The molecule has 0 N–H and O–H groups in total. The maximum Gasteiger partial charge on any atom is 0.334 e. The van der Waals surface area contributed by atoms with Gasteiger partial charge in [0, 0.05) is 22.6 Å². The van der Waals surface area contributed by atoms with Gasteiger partial charge in [-0.15, -0.1) is 0 Å². The van der Waals surface area contributed by atoms with Crippen LogP contribution in [0.4, 0.5) is 0 Å². The van der Waals surface area contributed by atoms with Crippen molar-refractivity contribution in [3.63, 3.8) is 0 Å². The SMILES string of the molecule is C=C(C/C(=C\c1ccccc1Cl)C(=O)OCC)C(=O)OCC. The molecule has 1 rings (SSSR count). The Morgan fingerprint density at radius 1 is 1.14 bits per heavy atom. The highest BCUT2D eigenvalue weighted by Crippen LogP contribution is 2.22. The van der Waals surface area contributed by atoms with E-state index in [1.165, 1.54) is 0 Å². The Morgan fingerprint density at radius 2 is 1.73 bits per heavy atom. The zero-order chi connectivity index (χ0) is 16.5. The van der Waals surface area contributed by atoms with Crippen molar-refractivity contribution >= 4 is 29.6 Å². The fourth-order valence-corrected chi connectivity index (χ4v) is 1.91. The van der Waals surface area contributed by atoms with Crippen LogP contribution in [0.3, 0.4) is 0 Å². The number of carbonyl (C=O) groups is 2. The largest absolute Gasteiger partial charge is 0.463 e. The highest BCUT2D eigenvalue weighted by Gasteiger charge is 2.17. The number of hydrogen-bond acceptors (Lipinski definition) is 4. The lowest BCUT2D eigenvalue weighted by atomic mass is 10.0. The van der Waals surface area contributed by atoms with Crippen molar-refractivity contribution in [3.8, 4) is 0 Å². The van der Waals surface area contributed by atoms with Gasteiger partial charge in [-0.05, 0) is 31.6 Å². The molecule has 0 saturated carbocycles. The highest BCUT2D eigenvalue weighted by molar-refractivity contribution is 6.32. The lowest BCUT2D eigenvalue weighted by Gasteiger charge is -2.09. The van der Waals surface area contributed by atoms with E-state index in [0.717, 1.165) is 0 Å². The minimum Gasteiger partial charge on any atom is -0.463 e. The van der Waals surface area contributed by atoms with Crippen LogP contribution in [0, 0.1) is 0 Å². The Hall–Kier alpha value is -2.07. The summed E-state index contributed by atoms with van der Waals surface area (Å²) >= 11 is 6.09. The van der Waals surface area contributed by atoms with E-state index in [2.05, 4.69) is 6.58 Å². The summed E-state index contributed by atoms with van der Waals surface area (Å²) in [7, 11) is 0. The van der Waals surface area contributed by atoms with Crippen LogP contribution in [0.1, 0.15) is 25.8 Å². The summed E-state index contributed by atoms with van der Waals surface area (Å²) in [6, 6.07) is 7.09. The molecule has 1 aromatic carbocycles. The molecule has 0 aliphatic rings. The van der Waals surface area contributed by atoms with Crippen LogP contribution in [0.5, 0.6) is 0 Å². The zero-order valence-corrected chi connectivity index (χ0v) is 13.5. The fourth-order valence-electron chi connectivity index (χ4n) is 1.72. The molecule has 5 heteroatoms. The molecule has 0 fully saturated rings. The first-order valence-electron chi connectivity index (χ1n) is 6.96. The molecule has 0 spiro atoms. The predicted molar refractivity (Wildman–Crippen MR) is 86.5 cm³/mol. The molecule has 4 nitrogen and oxygen atoms in total. The minimum absolute atomic E-state index is 0.0445. The molecule has 0 aromatic heterocycles. The molecular weight excluding hydrogens is 304 g/mol. The Kier molecular flexibility index (Phi) is 7.40. The molecule has 1 aromatic rings. The first-order chi connectivity index (χ1) is 10.5. The molecule has 0 radical (unpaired) electrons. The number of ether oxygens (including phenoxy) is 2. The van der Waals surface area contributed by atoms with E-state index in [-0.39, 0.29) is 25.2 Å². The summed E-state index contributed by atoms with van der Waals surface area (Å²) in [6.07, 6.45) is 1.65.